The van der Waals surface area contributed by atoms with Crippen molar-refractivity contribution >= 4 is 12.4 Å². The van der Waals surface area contributed by atoms with Crippen LogP contribution in [-0.4, -0.2) is 9.78 Å². The number of aromatic nitrogens is 2. The second-order valence-corrected chi connectivity index (χ2v) is 4.15. The molecule has 1 aliphatic carbocycles. The van der Waals surface area contributed by atoms with Crippen molar-refractivity contribution in [3.63, 3.8) is 0 Å². The second kappa shape index (κ2) is 3.92. The van der Waals surface area contributed by atoms with Crippen LogP contribution in [0.5, 0.6) is 0 Å². The molecule has 0 radical (unpaired) electrons. The first-order chi connectivity index (χ1) is 7.28. The van der Waals surface area contributed by atoms with Gasteiger partial charge in [0, 0.05) is 17.9 Å². The first kappa shape index (κ1) is 11.2. The molecule has 2 aromatic rings. The van der Waals surface area contributed by atoms with Crippen LogP contribution in [0.15, 0.2) is 42.7 Å². The van der Waals surface area contributed by atoms with E-state index in [1.165, 1.54) is 5.56 Å². The van der Waals surface area contributed by atoms with Gasteiger partial charge in [-0.3, -0.25) is 0 Å². The minimum absolute atomic E-state index is 0. The molecule has 3 nitrogen and oxygen atoms in total. The minimum Gasteiger partial charge on any atom is -0.321 e. The molecule has 84 valence electrons. The molecule has 1 aromatic heterocycles. The Hall–Kier alpha value is -1.32. The van der Waals surface area contributed by atoms with Crippen LogP contribution >= 0.6 is 12.4 Å². The molecule has 1 aliphatic rings. The first-order valence-electron chi connectivity index (χ1n) is 5.17. The molecule has 0 aliphatic heterocycles. The quantitative estimate of drug-likeness (QED) is 0.868. The number of hydrogen-bond acceptors (Lipinski definition) is 2. The third kappa shape index (κ3) is 1.84. The summed E-state index contributed by atoms with van der Waals surface area (Å²) >= 11 is 0. The van der Waals surface area contributed by atoms with E-state index in [9.17, 15) is 0 Å². The number of halogens is 1. The van der Waals surface area contributed by atoms with Crippen molar-refractivity contribution in [1.82, 2.24) is 9.78 Å². The zero-order valence-electron chi connectivity index (χ0n) is 8.84. The highest BCUT2D eigenvalue weighted by molar-refractivity contribution is 5.85. The van der Waals surface area contributed by atoms with Crippen LogP contribution in [0, 0.1) is 0 Å². The van der Waals surface area contributed by atoms with E-state index in [2.05, 4.69) is 29.4 Å². The maximum Gasteiger partial charge on any atom is 0.0645 e. The molecule has 0 amide bonds. The third-order valence-electron chi connectivity index (χ3n) is 3.00. The monoisotopic (exact) mass is 235 g/mol. The van der Waals surface area contributed by atoms with Gasteiger partial charge in [-0.25, -0.2) is 4.68 Å². The van der Waals surface area contributed by atoms with E-state index in [4.69, 9.17) is 5.73 Å². The van der Waals surface area contributed by atoms with E-state index < -0.39 is 0 Å². The second-order valence-electron chi connectivity index (χ2n) is 4.15. The average molecular weight is 236 g/mol. The van der Waals surface area contributed by atoms with Crippen LogP contribution in [0.2, 0.25) is 0 Å². The highest BCUT2D eigenvalue weighted by Crippen LogP contribution is 2.42. The Kier molecular flexibility index (Phi) is 2.74. The summed E-state index contributed by atoms with van der Waals surface area (Å²) < 4.78 is 1.85. The Bertz CT molecular complexity index is 458. The number of nitrogens with zero attached hydrogens (tertiary/aromatic N) is 2. The van der Waals surface area contributed by atoms with Crippen molar-refractivity contribution in [2.24, 2.45) is 5.73 Å². The van der Waals surface area contributed by atoms with Gasteiger partial charge in [0.2, 0.25) is 0 Å². The zero-order chi connectivity index (χ0) is 10.3. The van der Waals surface area contributed by atoms with E-state index >= 15 is 0 Å². The number of benzene rings is 1. The first-order valence-corrected chi connectivity index (χ1v) is 5.17. The SMILES string of the molecule is Cl.NC1(c2ccc(-n3cccn3)cc2)CC1. The van der Waals surface area contributed by atoms with Crippen LogP contribution in [-0.2, 0) is 5.54 Å². The molecule has 1 saturated carbocycles. The summed E-state index contributed by atoms with van der Waals surface area (Å²) in [4.78, 5) is 0. The highest BCUT2D eigenvalue weighted by Gasteiger charge is 2.39. The van der Waals surface area contributed by atoms with Gasteiger partial charge in [-0.05, 0) is 36.6 Å². The Morgan fingerprint density at radius 2 is 1.88 bits per heavy atom. The van der Waals surface area contributed by atoms with Crippen LogP contribution in [0.1, 0.15) is 18.4 Å². The summed E-state index contributed by atoms with van der Waals surface area (Å²) in [6.07, 6.45) is 5.92. The van der Waals surface area contributed by atoms with Gasteiger partial charge in [-0.15, -0.1) is 12.4 Å². The predicted molar refractivity (Wildman–Crippen MR) is 65.9 cm³/mol. The Balaban J connectivity index is 0.000000963. The van der Waals surface area contributed by atoms with Crippen molar-refractivity contribution in [2.45, 2.75) is 18.4 Å². The Morgan fingerprint density at radius 1 is 1.19 bits per heavy atom. The minimum atomic E-state index is -0.0390. The molecule has 0 unspecified atom stereocenters. The van der Waals surface area contributed by atoms with Crippen LogP contribution in [0.4, 0.5) is 0 Å². The molecule has 4 heteroatoms. The summed E-state index contributed by atoms with van der Waals surface area (Å²) in [6.45, 7) is 0. The lowest BCUT2D eigenvalue weighted by Crippen LogP contribution is -2.18. The van der Waals surface area contributed by atoms with E-state index in [1.54, 1.807) is 6.20 Å². The van der Waals surface area contributed by atoms with Gasteiger partial charge in [0.15, 0.2) is 0 Å². The summed E-state index contributed by atoms with van der Waals surface area (Å²) in [5.74, 6) is 0. The van der Waals surface area contributed by atoms with Gasteiger partial charge in [0.1, 0.15) is 0 Å². The van der Waals surface area contributed by atoms with E-state index in [1.807, 2.05) is 16.9 Å². The van der Waals surface area contributed by atoms with E-state index in [0.29, 0.717) is 0 Å². The van der Waals surface area contributed by atoms with Gasteiger partial charge in [0.25, 0.3) is 0 Å². The fraction of sp³-hybridized carbons (Fsp3) is 0.250. The molecular formula is C12H14ClN3. The number of nitrogens with two attached hydrogens (primary N) is 1. The maximum absolute atomic E-state index is 6.11. The van der Waals surface area contributed by atoms with Crippen molar-refractivity contribution in [1.29, 1.82) is 0 Å². The van der Waals surface area contributed by atoms with E-state index in [-0.39, 0.29) is 17.9 Å². The van der Waals surface area contributed by atoms with Crippen molar-refractivity contribution in [3.8, 4) is 5.69 Å². The molecule has 0 bridgehead atoms. The number of rotatable bonds is 2. The smallest absolute Gasteiger partial charge is 0.0645 e. The maximum atomic E-state index is 6.11. The predicted octanol–water partition coefficient (Wildman–Crippen LogP) is 2.24. The summed E-state index contributed by atoms with van der Waals surface area (Å²) in [7, 11) is 0. The molecule has 16 heavy (non-hydrogen) atoms. The Morgan fingerprint density at radius 3 is 2.38 bits per heavy atom. The fourth-order valence-electron chi connectivity index (χ4n) is 1.79. The molecule has 0 spiro atoms. The van der Waals surface area contributed by atoms with Crippen molar-refractivity contribution in [3.05, 3.63) is 48.3 Å². The topological polar surface area (TPSA) is 43.8 Å². The summed E-state index contributed by atoms with van der Waals surface area (Å²) in [5, 5.41) is 4.18. The molecule has 3 rings (SSSR count). The Labute approximate surface area is 101 Å². The molecule has 1 fully saturated rings. The highest BCUT2D eigenvalue weighted by atomic mass is 35.5. The zero-order valence-corrected chi connectivity index (χ0v) is 9.65. The molecule has 0 atom stereocenters. The van der Waals surface area contributed by atoms with Crippen LogP contribution < -0.4 is 5.73 Å². The lowest BCUT2D eigenvalue weighted by Gasteiger charge is -2.09. The van der Waals surface area contributed by atoms with Gasteiger partial charge < -0.3 is 5.73 Å². The molecular weight excluding hydrogens is 222 g/mol. The summed E-state index contributed by atoms with van der Waals surface area (Å²) in [6, 6.07) is 10.2. The van der Waals surface area contributed by atoms with Gasteiger partial charge in [0.05, 0.1) is 5.69 Å². The molecule has 2 N–H and O–H groups in total. The third-order valence-corrected chi connectivity index (χ3v) is 3.00. The van der Waals surface area contributed by atoms with Crippen molar-refractivity contribution in [2.75, 3.05) is 0 Å². The van der Waals surface area contributed by atoms with Crippen LogP contribution in [0.3, 0.4) is 0 Å². The molecule has 0 saturated heterocycles. The van der Waals surface area contributed by atoms with Gasteiger partial charge >= 0.3 is 0 Å². The molecule has 1 heterocycles. The number of hydrogen-bond donors (Lipinski definition) is 1. The van der Waals surface area contributed by atoms with Crippen LogP contribution in [0.25, 0.3) is 5.69 Å². The van der Waals surface area contributed by atoms with E-state index in [0.717, 1.165) is 18.5 Å². The largest absolute Gasteiger partial charge is 0.321 e. The lowest BCUT2D eigenvalue weighted by molar-refractivity contribution is 0.739. The van der Waals surface area contributed by atoms with Gasteiger partial charge in [-0.2, -0.15) is 5.10 Å². The van der Waals surface area contributed by atoms with Gasteiger partial charge in [-0.1, -0.05) is 12.1 Å². The normalized spacial score (nSPS) is 16.6. The standard InChI is InChI=1S/C12H13N3.ClH/c13-12(6-7-12)10-2-4-11(5-3-10)15-9-1-8-14-15;/h1-5,8-9H,6-7,13H2;1H. The fourth-order valence-corrected chi connectivity index (χ4v) is 1.79. The average Bonchev–Trinajstić information content (AvgIpc) is 2.84. The summed E-state index contributed by atoms with van der Waals surface area (Å²) in [5.41, 5.74) is 8.39. The molecule has 1 aromatic carbocycles. The lowest BCUT2D eigenvalue weighted by atomic mass is 10.1. The van der Waals surface area contributed by atoms with Crippen molar-refractivity contribution < 1.29 is 0 Å².